The van der Waals surface area contributed by atoms with Crippen molar-refractivity contribution >= 4 is 23.0 Å². The topological polar surface area (TPSA) is 58.5 Å². The van der Waals surface area contributed by atoms with Crippen LogP contribution in [0.5, 0.6) is 0 Å². The lowest BCUT2D eigenvalue weighted by molar-refractivity contribution is 0.259. The van der Waals surface area contributed by atoms with Crippen molar-refractivity contribution < 1.29 is 9.59 Å². The van der Waals surface area contributed by atoms with Crippen molar-refractivity contribution in [3.8, 4) is 0 Å². The normalized spacial score (nSPS) is 9.13. The third-order valence-electron chi connectivity index (χ3n) is 1.85. The molecule has 1 N–H and O–H groups in total. The number of halogens is 1. The van der Waals surface area contributed by atoms with Crippen LogP contribution in [0, 0.1) is 0 Å². The van der Waals surface area contributed by atoms with Crippen molar-refractivity contribution in [2.24, 2.45) is 4.99 Å². The molecule has 0 bridgehead atoms. The Morgan fingerprint density at radius 2 is 2.07 bits per heavy atom. The molecule has 0 fully saturated rings. The van der Waals surface area contributed by atoms with E-state index in [1.54, 1.807) is 0 Å². The molecule has 0 aromatic heterocycles. The van der Waals surface area contributed by atoms with Gasteiger partial charge in [0.2, 0.25) is 6.08 Å². The number of carbonyl (C=O) groups is 1. The maximum atomic E-state index is 10.5. The Hall–Kier alpha value is -1.64. The van der Waals surface area contributed by atoms with Crippen molar-refractivity contribution in [1.29, 1.82) is 0 Å². The molecule has 1 amide bonds. The zero-order valence-electron chi connectivity index (χ0n) is 7.87. The zero-order valence-corrected chi connectivity index (χ0v) is 8.62. The molecule has 0 aliphatic heterocycles. The molecule has 1 aromatic carbocycles. The number of isocyanates is 1. The van der Waals surface area contributed by atoms with Gasteiger partial charge in [0.05, 0.1) is 6.54 Å². The van der Waals surface area contributed by atoms with Gasteiger partial charge in [0, 0.05) is 6.54 Å². The Kier molecular flexibility index (Phi) is 4.54. The van der Waals surface area contributed by atoms with E-state index in [1.807, 2.05) is 24.3 Å². The summed E-state index contributed by atoms with van der Waals surface area (Å²) in [4.78, 5) is 24.0. The number of rotatable bonds is 4. The fourth-order valence-corrected chi connectivity index (χ4v) is 1.23. The van der Waals surface area contributed by atoms with Gasteiger partial charge in [0.1, 0.15) is 0 Å². The molecule has 1 rings (SSSR count). The molecule has 0 aliphatic rings. The lowest BCUT2D eigenvalue weighted by Gasteiger charge is -2.06. The van der Waals surface area contributed by atoms with Crippen molar-refractivity contribution in [2.75, 3.05) is 0 Å². The van der Waals surface area contributed by atoms with Crippen LogP contribution in [0.15, 0.2) is 29.3 Å². The maximum absolute atomic E-state index is 10.5. The Labute approximate surface area is 92.0 Å². The summed E-state index contributed by atoms with van der Waals surface area (Å²) in [7, 11) is 0. The van der Waals surface area contributed by atoms with Crippen LogP contribution < -0.4 is 5.32 Å². The van der Waals surface area contributed by atoms with Gasteiger partial charge in [-0.1, -0.05) is 24.3 Å². The van der Waals surface area contributed by atoms with E-state index in [1.165, 1.54) is 6.08 Å². The monoisotopic (exact) mass is 224 g/mol. The number of nitrogens with one attached hydrogen (secondary N) is 1. The Morgan fingerprint density at radius 3 is 2.67 bits per heavy atom. The smallest absolute Gasteiger partial charge is 0.314 e. The van der Waals surface area contributed by atoms with Gasteiger partial charge in [-0.3, -0.25) is 4.79 Å². The summed E-state index contributed by atoms with van der Waals surface area (Å²) in [6.07, 6.45) is 1.47. The molecule has 5 heteroatoms. The third kappa shape index (κ3) is 3.94. The minimum absolute atomic E-state index is 0.262. The predicted octanol–water partition coefficient (Wildman–Crippen LogP) is 1.97. The summed E-state index contributed by atoms with van der Waals surface area (Å²) < 4.78 is 0. The summed E-state index contributed by atoms with van der Waals surface area (Å²) in [5.74, 6) is 0. The van der Waals surface area contributed by atoms with E-state index in [0.717, 1.165) is 11.1 Å². The Morgan fingerprint density at radius 1 is 1.40 bits per heavy atom. The molecular formula is C10H9ClN2O2. The number of carbonyl (C=O) groups excluding carboxylic acids is 2. The first kappa shape index (κ1) is 11.4. The van der Waals surface area contributed by atoms with Crippen LogP contribution in [0.2, 0.25) is 0 Å². The lowest BCUT2D eigenvalue weighted by atomic mass is 10.1. The molecule has 0 heterocycles. The molecule has 0 unspecified atom stereocenters. The second kappa shape index (κ2) is 5.96. The fourth-order valence-electron chi connectivity index (χ4n) is 1.17. The van der Waals surface area contributed by atoms with Crippen LogP contribution in [-0.2, 0) is 17.9 Å². The molecule has 78 valence electrons. The molecule has 0 radical (unpaired) electrons. The summed E-state index contributed by atoms with van der Waals surface area (Å²) in [6.45, 7) is 0.588. The van der Waals surface area contributed by atoms with E-state index >= 15 is 0 Å². The van der Waals surface area contributed by atoms with E-state index in [-0.39, 0.29) is 6.54 Å². The summed E-state index contributed by atoms with van der Waals surface area (Å²) >= 11 is 5.15. The number of benzene rings is 1. The molecule has 4 nitrogen and oxygen atoms in total. The third-order valence-corrected chi connectivity index (χ3v) is 1.98. The highest BCUT2D eigenvalue weighted by Gasteiger charge is 2.01. The number of aliphatic imine (C=N–C) groups is 1. The molecule has 15 heavy (non-hydrogen) atoms. The first-order chi connectivity index (χ1) is 7.24. The number of hydrogen-bond acceptors (Lipinski definition) is 3. The van der Waals surface area contributed by atoms with Gasteiger partial charge in [-0.25, -0.2) is 9.79 Å². The maximum Gasteiger partial charge on any atom is 0.314 e. The summed E-state index contributed by atoms with van der Waals surface area (Å²) in [6, 6.07) is 7.34. The standard InChI is InChI=1S/C10H9ClN2O2/c11-10(15)13-6-9-4-2-1-3-8(9)5-12-7-14/h1-4H,5-6H2,(H,13,15). The van der Waals surface area contributed by atoms with Gasteiger partial charge in [-0.15, -0.1) is 0 Å². The van der Waals surface area contributed by atoms with Crippen LogP contribution in [0.25, 0.3) is 0 Å². The van der Waals surface area contributed by atoms with Gasteiger partial charge in [-0.2, -0.15) is 0 Å². The van der Waals surface area contributed by atoms with E-state index in [4.69, 9.17) is 11.6 Å². The van der Waals surface area contributed by atoms with Crippen molar-refractivity contribution in [3.05, 3.63) is 35.4 Å². The van der Waals surface area contributed by atoms with Crippen LogP contribution in [0.4, 0.5) is 4.79 Å². The fraction of sp³-hybridized carbons (Fsp3) is 0.200. The average molecular weight is 225 g/mol. The highest BCUT2D eigenvalue weighted by molar-refractivity contribution is 6.62. The highest BCUT2D eigenvalue weighted by atomic mass is 35.5. The molecular weight excluding hydrogens is 216 g/mol. The van der Waals surface area contributed by atoms with E-state index in [9.17, 15) is 9.59 Å². The van der Waals surface area contributed by atoms with Gasteiger partial charge in [-0.05, 0) is 22.7 Å². The summed E-state index contributed by atoms with van der Waals surface area (Å²) in [5, 5.41) is 1.86. The minimum atomic E-state index is -0.608. The minimum Gasteiger partial charge on any atom is -0.338 e. The van der Waals surface area contributed by atoms with Gasteiger partial charge in [0.25, 0.3) is 0 Å². The zero-order chi connectivity index (χ0) is 11.1. The molecule has 0 aliphatic carbocycles. The Balaban J connectivity index is 2.76. The van der Waals surface area contributed by atoms with Gasteiger partial charge in [0.15, 0.2) is 0 Å². The molecule has 0 saturated heterocycles. The van der Waals surface area contributed by atoms with E-state index in [2.05, 4.69) is 10.3 Å². The van der Waals surface area contributed by atoms with Gasteiger partial charge >= 0.3 is 5.37 Å². The van der Waals surface area contributed by atoms with Crippen LogP contribution in [-0.4, -0.2) is 11.4 Å². The predicted molar refractivity (Wildman–Crippen MR) is 56.4 cm³/mol. The largest absolute Gasteiger partial charge is 0.338 e. The number of amides is 1. The molecule has 1 aromatic rings. The van der Waals surface area contributed by atoms with E-state index < -0.39 is 5.37 Å². The summed E-state index contributed by atoms with van der Waals surface area (Å²) in [5.41, 5.74) is 1.75. The van der Waals surface area contributed by atoms with Crippen molar-refractivity contribution in [3.63, 3.8) is 0 Å². The SMILES string of the molecule is O=C=NCc1ccccc1CNC(=O)Cl. The first-order valence-corrected chi connectivity index (χ1v) is 4.65. The molecule has 0 spiro atoms. The lowest BCUT2D eigenvalue weighted by Crippen LogP contribution is -2.16. The molecule has 0 atom stereocenters. The number of hydrogen-bond donors (Lipinski definition) is 1. The first-order valence-electron chi connectivity index (χ1n) is 4.28. The Bertz CT molecular complexity index is 400. The second-order valence-corrected chi connectivity index (χ2v) is 3.15. The number of nitrogens with zero attached hydrogens (tertiary/aromatic N) is 1. The average Bonchev–Trinajstić information content (AvgIpc) is 2.24. The second-order valence-electron chi connectivity index (χ2n) is 2.80. The van der Waals surface area contributed by atoms with Crippen LogP contribution in [0.1, 0.15) is 11.1 Å². The molecule has 0 saturated carbocycles. The van der Waals surface area contributed by atoms with Crippen molar-refractivity contribution in [2.45, 2.75) is 13.1 Å². The van der Waals surface area contributed by atoms with Crippen LogP contribution in [0.3, 0.4) is 0 Å². The van der Waals surface area contributed by atoms with Crippen molar-refractivity contribution in [1.82, 2.24) is 5.32 Å². The highest BCUT2D eigenvalue weighted by Crippen LogP contribution is 2.09. The van der Waals surface area contributed by atoms with Gasteiger partial charge < -0.3 is 5.32 Å². The van der Waals surface area contributed by atoms with Crippen LogP contribution >= 0.6 is 11.6 Å². The quantitative estimate of drug-likeness (QED) is 0.368. The van der Waals surface area contributed by atoms with E-state index in [0.29, 0.717) is 6.54 Å².